The molecule has 0 saturated carbocycles. The second kappa shape index (κ2) is 2.54. The number of nitrogens with zero attached hydrogens (tertiary/aromatic N) is 1. The molecule has 2 aliphatic heterocycles. The minimum absolute atomic E-state index is 0.00932. The molecule has 0 radical (unpaired) electrons. The fourth-order valence-electron chi connectivity index (χ4n) is 2.13. The van der Waals surface area contributed by atoms with Crippen molar-refractivity contribution in [2.75, 3.05) is 0 Å². The normalized spacial score (nSPS) is 57.2. The number of hydrogen-bond acceptors (Lipinski definition) is 3. The summed E-state index contributed by atoms with van der Waals surface area (Å²) in [6.45, 7) is 1.96. The van der Waals surface area contributed by atoms with Crippen LogP contribution in [-0.4, -0.2) is 22.3 Å². The molecule has 0 amide bonds. The van der Waals surface area contributed by atoms with Gasteiger partial charge in [-0.25, -0.2) is 0 Å². The van der Waals surface area contributed by atoms with Crippen LogP contribution in [-0.2, 0) is 4.74 Å². The van der Waals surface area contributed by atoms with E-state index in [1.807, 2.05) is 6.92 Å². The Labute approximate surface area is 82.2 Å². The highest BCUT2D eigenvalue weighted by atomic mass is 35.5. The zero-order valence-electron chi connectivity index (χ0n) is 6.70. The topological polar surface area (TPSA) is 33.0 Å². The summed E-state index contributed by atoms with van der Waals surface area (Å²) in [6, 6.07) is 2.24. The van der Waals surface area contributed by atoms with Crippen LogP contribution in [0.1, 0.15) is 13.3 Å². The third kappa shape index (κ3) is 0.921. The first-order chi connectivity index (χ1) is 5.58. The van der Waals surface area contributed by atoms with Crippen LogP contribution in [0, 0.1) is 17.2 Å². The van der Waals surface area contributed by atoms with Gasteiger partial charge in [-0.1, -0.05) is 0 Å². The minimum Gasteiger partial charge on any atom is -0.368 e. The maximum atomic E-state index is 8.80. The molecule has 0 spiro atoms. The molecule has 2 nitrogen and oxygen atoms in total. The number of ether oxygens (including phenoxy) is 1. The summed E-state index contributed by atoms with van der Waals surface area (Å²) in [5.41, 5.74) is -0.320. The van der Waals surface area contributed by atoms with Gasteiger partial charge in [0.1, 0.15) is 0 Å². The number of halogens is 1. The standard InChI is InChI=1S/C8H10ClNOS/c1-8-2-4(3-10)5(11-8)6(12)7(8)9/h4-7,12H,2H2,1H3. The van der Waals surface area contributed by atoms with Crippen LogP contribution in [0.5, 0.6) is 0 Å². The van der Waals surface area contributed by atoms with Crippen molar-refractivity contribution in [2.24, 2.45) is 5.92 Å². The highest BCUT2D eigenvalue weighted by Crippen LogP contribution is 2.50. The molecule has 2 aliphatic rings. The molecule has 0 N–H and O–H groups in total. The minimum atomic E-state index is -0.320. The van der Waals surface area contributed by atoms with Crippen LogP contribution in [0.2, 0.25) is 0 Å². The van der Waals surface area contributed by atoms with Crippen molar-refractivity contribution >= 4 is 24.2 Å². The van der Waals surface area contributed by atoms with Crippen LogP contribution >= 0.6 is 24.2 Å². The zero-order valence-corrected chi connectivity index (χ0v) is 8.35. The summed E-state index contributed by atoms with van der Waals surface area (Å²) in [4.78, 5) is 0. The third-order valence-electron chi connectivity index (χ3n) is 2.81. The quantitative estimate of drug-likeness (QED) is 0.479. The number of alkyl halides is 1. The first kappa shape index (κ1) is 8.68. The van der Waals surface area contributed by atoms with Gasteiger partial charge in [-0.05, 0) is 13.3 Å². The largest absolute Gasteiger partial charge is 0.368 e. The van der Waals surface area contributed by atoms with Crippen LogP contribution in [0.25, 0.3) is 0 Å². The molecule has 2 bridgehead atoms. The average Bonchev–Trinajstić information content (AvgIpc) is 2.49. The van der Waals surface area contributed by atoms with E-state index < -0.39 is 0 Å². The molecule has 2 rings (SSSR count). The lowest BCUT2D eigenvalue weighted by atomic mass is 9.82. The number of nitriles is 1. The molecular weight excluding hydrogens is 194 g/mol. The Morgan fingerprint density at radius 2 is 2.42 bits per heavy atom. The van der Waals surface area contributed by atoms with Crippen LogP contribution in [0.4, 0.5) is 0 Å². The van der Waals surface area contributed by atoms with E-state index in [0.717, 1.165) is 6.42 Å². The van der Waals surface area contributed by atoms with Gasteiger partial charge in [0, 0.05) is 5.25 Å². The molecule has 2 heterocycles. The smallest absolute Gasteiger partial charge is 0.0873 e. The maximum Gasteiger partial charge on any atom is 0.0873 e. The fourth-order valence-corrected chi connectivity index (χ4v) is 2.99. The van der Waals surface area contributed by atoms with E-state index in [9.17, 15) is 0 Å². The van der Waals surface area contributed by atoms with Crippen molar-refractivity contribution in [1.29, 1.82) is 5.26 Å². The van der Waals surface area contributed by atoms with Crippen molar-refractivity contribution in [1.82, 2.24) is 0 Å². The summed E-state index contributed by atoms with van der Waals surface area (Å²) >= 11 is 10.5. The first-order valence-electron chi connectivity index (χ1n) is 3.98. The van der Waals surface area contributed by atoms with Gasteiger partial charge in [0.15, 0.2) is 0 Å². The maximum absolute atomic E-state index is 8.80. The predicted octanol–water partition coefficient (Wildman–Crippen LogP) is 1.59. The second-order valence-electron chi connectivity index (χ2n) is 3.73. The molecule has 5 atom stereocenters. The summed E-state index contributed by atoms with van der Waals surface area (Å²) in [6.07, 6.45) is 0.685. The molecule has 5 unspecified atom stereocenters. The van der Waals surface area contributed by atoms with Gasteiger partial charge in [0.25, 0.3) is 0 Å². The average molecular weight is 204 g/mol. The van der Waals surface area contributed by atoms with Crippen LogP contribution in [0.15, 0.2) is 0 Å². The molecule has 12 heavy (non-hydrogen) atoms. The summed E-state index contributed by atoms with van der Waals surface area (Å²) in [5, 5.41) is 8.75. The Hall–Kier alpha value is 0.0900. The Kier molecular flexibility index (Phi) is 1.84. The van der Waals surface area contributed by atoms with Gasteiger partial charge in [0.2, 0.25) is 0 Å². The van der Waals surface area contributed by atoms with Crippen molar-refractivity contribution in [2.45, 2.75) is 35.7 Å². The van der Waals surface area contributed by atoms with E-state index in [0.29, 0.717) is 0 Å². The third-order valence-corrected chi connectivity index (χ3v) is 4.31. The number of fused-ring (bicyclic) bond motifs is 2. The van der Waals surface area contributed by atoms with E-state index in [4.69, 9.17) is 21.6 Å². The van der Waals surface area contributed by atoms with Crippen molar-refractivity contribution in [3.05, 3.63) is 0 Å². The molecule has 0 aromatic carbocycles. The number of rotatable bonds is 0. The zero-order chi connectivity index (χ0) is 8.93. The van der Waals surface area contributed by atoms with Gasteiger partial charge in [-0.2, -0.15) is 17.9 Å². The van der Waals surface area contributed by atoms with E-state index in [1.54, 1.807) is 0 Å². The lowest BCUT2D eigenvalue weighted by Gasteiger charge is -2.28. The SMILES string of the molecule is CC12CC(C#N)C(O1)C(S)C2Cl. The van der Waals surface area contributed by atoms with E-state index >= 15 is 0 Å². The summed E-state index contributed by atoms with van der Waals surface area (Å²) < 4.78 is 5.66. The van der Waals surface area contributed by atoms with Crippen molar-refractivity contribution < 1.29 is 4.74 Å². The van der Waals surface area contributed by atoms with Gasteiger partial charge in [-0.3, -0.25) is 0 Å². The number of thiol groups is 1. The van der Waals surface area contributed by atoms with E-state index in [1.165, 1.54) is 0 Å². The molecule has 4 heteroatoms. The summed E-state index contributed by atoms with van der Waals surface area (Å²) in [5.74, 6) is -0.0208. The first-order valence-corrected chi connectivity index (χ1v) is 4.93. The number of hydrogen-bond donors (Lipinski definition) is 1. The van der Waals surface area contributed by atoms with Gasteiger partial charge in [0.05, 0.1) is 29.1 Å². The molecule has 2 saturated heterocycles. The van der Waals surface area contributed by atoms with Gasteiger partial charge < -0.3 is 4.74 Å². The highest BCUT2D eigenvalue weighted by molar-refractivity contribution is 7.81. The summed E-state index contributed by atoms with van der Waals surface area (Å²) in [7, 11) is 0. The Bertz CT molecular complexity index is 254. The molecule has 0 aliphatic carbocycles. The van der Waals surface area contributed by atoms with Crippen molar-refractivity contribution in [3.8, 4) is 6.07 Å². The van der Waals surface area contributed by atoms with Gasteiger partial charge in [-0.15, -0.1) is 11.6 Å². The van der Waals surface area contributed by atoms with Crippen LogP contribution < -0.4 is 0 Å². The molecule has 0 aromatic heterocycles. The van der Waals surface area contributed by atoms with Crippen molar-refractivity contribution in [3.63, 3.8) is 0 Å². The Balaban J connectivity index is 2.28. The van der Waals surface area contributed by atoms with Crippen LogP contribution in [0.3, 0.4) is 0 Å². The Morgan fingerprint density at radius 3 is 2.83 bits per heavy atom. The molecule has 66 valence electrons. The molecule has 2 fully saturated rings. The van der Waals surface area contributed by atoms with E-state index in [2.05, 4.69) is 18.7 Å². The highest BCUT2D eigenvalue weighted by Gasteiger charge is 2.59. The lowest BCUT2D eigenvalue weighted by molar-refractivity contribution is 0.0281. The lowest BCUT2D eigenvalue weighted by Crippen LogP contribution is -2.40. The molecular formula is C8H10ClNOS. The predicted molar refractivity (Wildman–Crippen MR) is 49.4 cm³/mol. The fraction of sp³-hybridized carbons (Fsp3) is 0.875. The second-order valence-corrected chi connectivity index (χ2v) is 4.79. The monoisotopic (exact) mass is 203 g/mol. The van der Waals surface area contributed by atoms with Gasteiger partial charge >= 0.3 is 0 Å². The van der Waals surface area contributed by atoms with E-state index in [-0.39, 0.29) is 28.2 Å². The Morgan fingerprint density at radius 1 is 1.75 bits per heavy atom. The molecule has 0 aromatic rings.